The number of rotatable bonds is 3. The van der Waals surface area contributed by atoms with Crippen molar-refractivity contribution in [3.05, 3.63) is 38.5 Å². The van der Waals surface area contributed by atoms with Crippen LogP contribution in [0.4, 0.5) is 0 Å². The first-order valence-corrected chi connectivity index (χ1v) is 6.79. The van der Waals surface area contributed by atoms with Crippen LogP contribution in [0.25, 0.3) is 11.0 Å². The van der Waals surface area contributed by atoms with Gasteiger partial charge in [-0.05, 0) is 33.8 Å². The van der Waals surface area contributed by atoms with Crippen molar-refractivity contribution in [2.75, 3.05) is 5.75 Å². The molecule has 3 nitrogen and oxygen atoms in total. The van der Waals surface area contributed by atoms with Crippen LogP contribution in [0.3, 0.4) is 0 Å². The molecule has 0 N–H and O–H groups in total. The Morgan fingerprint density at radius 2 is 2.18 bits per heavy atom. The van der Waals surface area contributed by atoms with Gasteiger partial charge >= 0.3 is 0 Å². The van der Waals surface area contributed by atoms with Gasteiger partial charge in [-0.2, -0.15) is 0 Å². The van der Waals surface area contributed by atoms with Crippen LogP contribution >= 0.6 is 27.7 Å². The molecule has 0 radical (unpaired) electrons. The average Bonchev–Trinajstić information content (AvgIpc) is 2.30. The lowest BCUT2D eigenvalue weighted by molar-refractivity contribution is 0.112. The van der Waals surface area contributed by atoms with Crippen LogP contribution in [0, 0.1) is 0 Å². The van der Waals surface area contributed by atoms with E-state index in [0.29, 0.717) is 32.4 Å². The Bertz CT molecular complexity index is 633. The standard InChI is InChI=1S/C12H9BrO3S/c1-2-17-11-5-10(15)8-3-7(6-14)4-9(13)12(8)16-11/h3-6H,2H2,1H3. The molecule has 0 fully saturated rings. The largest absolute Gasteiger partial charge is 0.448 e. The molecule has 1 aromatic heterocycles. The van der Waals surface area contributed by atoms with E-state index in [1.165, 1.54) is 17.8 Å². The summed E-state index contributed by atoms with van der Waals surface area (Å²) < 4.78 is 6.23. The van der Waals surface area contributed by atoms with Gasteiger partial charge in [-0.15, -0.1) is 0 Å². The van der Waals surface area contributed by atoms with Gasteiger partial charge in [-0.25, -0.2) is 0 Å². The summed E-state index contributed by atoms with van der Waals surface area (Å²) in [6, 6.07) is 4.63. The maximum Gasteiger partial charge on any atom is 0.193 e. The monoisotopic (exact) mass is 312 g/mol. The summed E-state index contributed by atoms with van der Waals surface area (Å²) in [5.41, 5.74) is 0.804. The summed E-state index contributed by atoms with van der Waals surface area (Å²) >= 11 is 4.77. The van der Waals surface area contributed by atoms with Crippen LogP contribution in [0.15, 0.2) is 37.0 Å². The van der Waals surface area contributed by atoms with Gasteiger partial charge in [0.2, 0.25) is 0 Å². The van der Waals surface area contributed by atoms with Crippen molar-refractivity contribution in [1.29, 1.82) is 0 Å². The highest BCUT2D eigenvalue weighted by Crippen LogP contribution is 2.27. The van der Waals surface area contributed by atoms with E-state index in [4.69, 9.17) is 4.42 Å². The molecule has 2 rings (SSSR count). The molecule has 0 aliphatic rings. The number of halogens is 1. The maximum absolute atomic E-state index is 11.9. The molecule has 17 heavy (non-hydrogen) atoms. The molecule has 0 amide bonds. The number of aldehydes is 1. The minimum Gasteiger partial charge on any atom is -0.448 e. The molecule has 0 aliphatic carbocycles. The van der Waals surface area contributed by atoms with E-state index in [9.17, 15) is 9.59 Å². The molecule has 88 valence electrons. The second-order valence-corrected chi connectivity index (χ2v) is 5.48. The predicted molar refractivity (Wildman–Crippen MR) is 72.0 cm³/mol. The first-order valence-electron chi connectivity index (χ1n) is 5.01. The Morgan fingerprint density at radius 1 is 1.41 bits per heavy atom. The lowest BCUT2D eigenvalue weighted by Gasteiger charge is -2.03. The molecule has 5 heteroatoms. The number of hydrogen-bond acceptors (Lipinski definition) is 4. The molecule has 1 heterocycles. The van der Waals surface area contributed by atoms with Crippen molar-refractivity contribution in [3.8, 4) is 0 Å². The fourth-order valence-electron chi connectivity index (χ4n) is 1.50. The zero-order valence-electron chi connectivity index (χ0n) is 9.03. The molecular weight excluding hydrogens is 304 g/mol. The van der Waals surface area contributed by atoms with Crippen molar-refractivity contribution in [2.45, 2.75) is 12.0 Å². The Morgan fingerprint density at radius 3 is 2.82 bits per heavy atom. The SMILES string of the molecule is CCSc1cc(=O)c2cc(C=O)cc(Br)c2o1. The number of thioether (sulfide) groups is 1. The lowest BCUT2D eigenvalue weighted by Crippen LogP contribution is -2.01. The lowest BCUT2D eigenvalue weighted by atomic mass is 10.1. The molecule has 1 aromatic carbocycles. The molecule has 0 bridgehead atoms. The predicted octanol–water partition coefficient (Wildman–Crippen LogP) is 3.48. The van der Waals surface area contributed by atoms with Crippen LogP contribution < -0.4 is 5.43 Å². The van der Waals surface area contributed by atoms with Crippen LogP contribution in [0.2, 0.25) is 0 Å². The molecule has 0 saturated heterocycles. The number of fused-ring (bicyclic) bond motifs is 1. The molecule has 0 atom stereocenters. The summed E-state index contributed by atoms with van der Waals surface area (Å²) in [7, 11) is 0. The van der Waals surface area contributed by atoms with Gasteiger partial charge in [0.15, 0.2) is 16.1 Å². The highest BCUT2D eigenvalue weighted by Gasteiger charge is 2.09. The fourth-order valence-corrected chi connectivity index (χ4v) is 2.67. The number of carbonyl (C=O) groups is 1. The average molecular weight is 313 g/mol. The van der Waals surface area contributed by atoms with Gasteiger partial charge < -0.3 is 4.42 Å². The van der Waals surface area contributed by atoms with Crippen molar-refractivity contribution < 1.29 is 9.21 Å². The number of benzene rings is 1. The van der Waals surface area contributed by atoms with E-state index in [2.05, 4.69) is 15.9 Å². The second kappa shape index (κ2) is 5.06. The van der Waals surface area contributed by atoms with Gasteiger partial charge in [0.25, 0.3) is 0 Å². The van der Waals surface area contributed by atoms with Gasteiger partial charge in [0, 0.05) is 11.6 Å². The summed E-state index contributed by atoms with van der Waals surface area (Å²) in [5.74, 6) is 0.832. The smallest absolute Gasteiger partial charge is 0.193 e. The van der Waals surface area contributed by atoms with E-state index < -0.39 is 0 Å². The fraction of sp³-hybridized carbons (Fsp3) is 0.167. The molecule has 0 saturated carbocycles. The van der Waals surface area contributed by atoms with Crippen molar-refractivity contribution in [2.24, 2.45) is 0 Å². The Labute approximate surface area is 110 Å². The third-order valence-electron chi connectivity index (χ3n) is 2.21. The van der Waals surface area contributed by atoms with Crippen LogP contribution in [-0.2, 0) is 0 Å². The van der Waals surface area contributed by atoms with Crippen molar-refractivity contribution >= 4 is 44.9 Å². The first-order chi connectivity index (χ1) is 8.15. The normalized spacial score (nSPS) is 10.7. The van der Waals surface area contributed by atoms with E-state index in [1.54, 1.807) is 12.1 Å². The third-order valence-corrected chi connectivity index (χ3v) is 3.57. The minimum atomic E-state index is -0.133. The summed E-state index contributed by atoms with van der Waals surface area (Å²) in [5, 5.41) is 1.01. The summed E-state index contributed by atoms with van der Waals surface area (Å²) in [6.45, 7) is 1.99. The van der Waals surface area contributed by atoms with Crippen molar-refractivity contribution in [1.82, 2.24) is 0 Å². The third kappa shape index (κ3) is 2.45. The minimum absolute atomic E-state index is 0.133. The van der Waals surface area contributed by atoms with E-state index >= 15 is 0 Å². The second-order valence-electron chi connectivity index (χ2n) is 3.36. The zero-order chi connectivity index (χ0) is 12.4. The Hall–Kier alpha value is -1.07. The highest BCUT2D eigenvalue weighted by atomic mass is 79.9. The van der Waals surface area contributed by atoms with Gasteiger partial charge in [-0.3, -0.25) is 9.59 Å². The van der Waals surface area contributed by atoms with Crippen LogP contribution in [-0.4, -0.2) is 12.0 Å². The quantitative estimate of drug-likeness (QED) is 0.643. The Balaban J connectivity index is 2.76. The first kappa shape index (κ1) is 12.4. The molecule has 0 spiro atoms. The maximum atomic E-state index is 11.9. The molecule has 0 aliphatic heterocycles. The van der Waals surface area contributed by atoms with Gasteiger partial charge in [0.05, 0.1) is 9.86 Å². The van der Waals surface area contributed by atoms with Crippen LogP contribution in [0.1, 0.15) is 17.3 Å². The topological polar surface area (TPSA) is 47.3 Å². The Kier molecular flexibility index (Phi) is 3.69. The molecular formula is C12H9BrO3S. The van der Waals surface area contributed by atoms with Crippen LogP contribution in [0.5, 0.6) is 0 Å². The summed E-state index contributed by atoms with van der Waals surface area (Å²) in [6.07, 6.45) is 0.707. The van der Waals surface area contributed by atoms with E-state index in [0.717, 1.165) is 5.75 Å². The number of carbonyl (C=O) groups excluding carboxylic acids is 1. The van der Waals surface area contributed by atoms with E-state index in [1.807, 2.05) is 6.92 Å². The molecule has 2 aromatic rings. The zero-order valence-corrected chi connectivity index (χ0v) is 11.4. The van der Waals surface area contributed by atoms with E-state index in [-0.39, 0.29) is 5.43 Å². The van der Waals surface area contributed by atoms with Gasteiger partial charge in [0.1, 0.15) is 6.29 Å². The summed E-state index contributed by atoms with van der Waals surface area (Å²) in [4.78, 5) is 22.6. The highest BCUT2D eigenvalue weighted by molar-refractivity contribution is 9.10. The van der Waals surface area contributed by atoms with Gasteiger partial charge in [-0.1, -0.05) is 18.7 Å². The molecule has 0 unspecified atom stereocenters. The number of hydrogen-bond donors (Lipinski definition) is 0. The van der Waals surface area contributed by atoms with Crippen molar-refractivity contribution in [3.63, 3.8) is 0 Å².